The van der Waals surface area contributed by atoms with Crippen LogP contribution in [0.1, 0.15) is 28.0 Å². The van der Waals surface area contributed by atoms with Crippen molar-refractivity contribution >= 4 is 28.2 Å². The maximum Gasteiger partial charge on any atom is 0.134 e. The van der Waals surface area contributed by atoms with Gasteiger partial charge in [0.15, 0.2) is 0 Å². The lowest BCUT2D eigenvalue weighted by molar-refractivity contribution is 0.913. The molecule has 106 valence electrons. The molecule has 0 bridgehead atoms. The molecule has 0 saturated heterocycles. The number of anilines is 1. The molecular weight excluding hydrogens is 278 g/mol. The SMILES string of the molecule is CN(C)c1ccc(C=Nc2sc3c(c2C#N)CCC3)cc1. The summed E-state index contributed by atoms with van der Waals surface area (Å²) in [4.78, 5) is 7.96. The molecule has 21 heavy (non-hydrogen) atoms. The standard InChI is InChI=1S/C17H17N3S/c1-20(2)13-8-6-12(7-9-13)11-19-17-15(10-18)14-4-3-5-16(14)21-17/h6-9,11H,3-5H2,1-2H3. The van der Waals surface area contributed by atoms with Crippen LogP contribution in [0.3, 0.4) is 0 Å². The lowest BCUT2D eigenvalue weighted by atomic mass is 10.1. The van der Waals surface area contributed by atoms with Crippen LogP contribution in [0, 0.1) is 11.3 Å². The first-order chi connectivity index (χ1) is 10.2. The van der Waals surface area contributed by atoms with Gasteiger partial charge in [-0.2, -0.15) is 5.26 Å². The maximum atomic E-state index is 9.34. The normalized spacial score (nSPS) is 13.4. The zero-order chi connectivity index (χ0) is 14.8. The van der Waals surface area contributed by atoms with Crippen LogP contribution in [0.5, 0.6) is 0 Å². The first-order valence-electron chi connectivity index (χ1n) is 7.05. The fourth-order valence-electron chi connectivity index (χ4n) is 2.59. The second kappa shape index (κ2) is 5.71. The molecule has 0 spiro atoms. The Labute approximate surface area is 129 Å². The predicted octanol–water partition coefficient (Wildman–Crippen LogP) is 3.93. The third-order valence-electron chi connectivity index (χ3n) is 3.75. The van der Waals surface area contributed by atoms with Crippen molar-refractivity contribution < 1.29 is 0 Å². The van der Waals surface area contributed by atoms with E-state index in [-0.39, 0.29) is 0 Å². The Morgan fingerprint density at radius 2 is 2.00 bits per heavy atom. The third kappa shape index (κ3) is 2.70. The number of rotatable bonds is 3. The molecular formula is C17H17N3S. The molecule has 1 heterocycles. The number of nitriles is 1. The number of benzene rings is 1. The number of aryl methyl sites for hydroxylation is 1. The summed E-state index contributed by atoms with van der Waals surface area (Å²) in [6.45, 7) is 0. The molecule has 0 radical (unpaired) electrons. The zero-order valence-corrected chi connectivity index (χ0v) is 13.1. The van der Waals surface area contributed by atoms with Gasteiger partial charge >= 0.3 is 0 Å². The van der Waals surface area contributed by atoms with Crippen molar-refractivity contribution in [2.24, 2.45) is 4.99 Å². The van der Waals surface area contributed by atoms with Crippen LogP contribution in [0.15, 0.2) is 29.3 Å². The molecule has 1 aliphatic carbocycles. The van der Waals surface area contributed by atoms with Gasteiger partial charge in [0.25, 0.3) is 0 Å². The minimum Gasteiger partial charge on any atom is -0.378 e. The fourth-order valence-corrected chi connectivity index (χ4v) is 3.77. The molecule has 0 unspecified atom stereocenters. The zero-order valence-electron chi connectivity index (χ0n) is 12.3. The summed E-state index contributed by atoms with van der Waals surface area (Å²) in [7, 11) is 4.05. The summed E-state index contributed by atoms with van der Waals surface area (Å²) < 4.78 is 0. The molecule has 1 aromatic heterocycles. The van der Waals surface area contributed by atoms with E-state index >= 15 is 0 Å². The second-order valence-electron chi connectivity index (χ2n) is 5.39. The van der Waals surface area contributed by atoms with Gasteiger partial charge < -0.3 is 4.90 Å². The van der Waals surface area contributed by atoms with Crippen molar-refractivity contribution in [1.29, 1.82) is 5.26 Å². The smallest absolute Gasteiger partial charge is 0.134 e. The van der Waals surface area contributed by atoms with Gasteiger partial charge in [-0.05, 0) is 42.5 Å². The van der Waals surface area contributed by atoms with E-state index < -0.39 is 0 Å². The summed E-state index contributed by atoms with van der Waals surface area (Å²) in [5, 5.41) is 10.2. The highest BCUT2D eigenvalue weighted by Gasteiger charge is 2.21. The van der Waals surface area contributed by atoms with Gasteiger partial charge in [0.1, 0.15) is 11.1 Å². The van der Waals surface area contributed by atoms with Gasteiger partial charge in [-0.3, -0.25) is 0 Å². The predicted molar refractivity (Wildman–Crippen MR) is 89.1 cm³/mol. The van der Waals surface area contributed by atoms with Gasteiger partial charge in [-0.15, -0.1) is 11.3 Å². The molecule has 0 N–H and O–H groups in total. The molecule has 0 aliphatic heterocycles. The summed E-state index contributed by atoms with van der Waals surface area (Å²) in [5.74, 6) is 0. The van der Waals surface area contributed by atoms with Crippen LogP contribution in [0.2, 0.25) is 0 Å². The molecule has 4 heteroatoms. The largest absolute Gasteiger partial charge is 0.378 e. The Balaban J connectivity index is 1.85. The second-order valence-corrected chi connectivity index (χ2v) is 6.48. The van der Waals surface area contributed by atoms with Crippen molar-refractivity contribution in [1.82, 2.24) is 0 Å². The average Bonchev–Trinajstić information content (AvgIpc) is 3.05. The van der Waals surface area contributed by atoms with E-state index in [1.807, 2.05) is 32.4 Å². The topological polar surface area (TPSA) is 39.4 Å². The van der Waals surface area contributed by atoms with Crippen molar-refractivity contribution in [2.75, 3.05) is 19.0 Å². The molecule has 0 saturated carbocycles. The average molecular weight is 295 g/mol. The first kappa shape index (κ1) is 13.8. The molecule has 3 nitrogen and oxygen atoms in total. The van der Waals surface area contributed by atoms with Crippen LogP contribution in [-0.4, -0.2) is 20.3 Å². The summed E-state index contributed by atoms with van der Waals surface area (Å²) in [5.41, 5.74) is 4.24. The van der Waals surface area contributed by atoms with E-state index in [0.717, 1.165) is 29.0 Å². The lowest BCUT2D eigenvalue weighted by Gasteiger charge is -2.11. The number of fused-ring (bicyclic) bond motifs is 1. The molecule has 1 aliphatic rings. The highest BCUT2D eigenvalue weighted by Crippen LogP contribution is 2.40. The first-order valence-corrected chi connectivity index (χ1v) is 7.87. The fraction of sp³-hybridized carbons (Fsp3) is 0.294. The number of aliphatic imine (C=N–C) groups is 1. The summed E-state index contributed by atoms with van der Waals surface area (Å²) >= 11 is 1.67. The molecule has 3 rings (SSSR count). The van der Waals surface area contributed by atoms with Crippen LogP contribution in [0.4, 0.5) is 10.7 Å². The van der Waals surface area contributed by atoms with Crippen molar-refractivity contribution in [3.05, 3.63) is 45.8 Å². The van der Waals surface area contributed by atoms with Crippen molar-refractivity contribution in [3.63, 3.8) is 0 Å². The van der Waals surface area contributed by atoms with Crippen LogP contribution in [-0.2, 0) is 12.8 Å². The van der Waals surface area contributed by atoms with Gasteiger partial charge in [-0.1, -0.05) is 12.1 Å². The minimum atomic E-state index is 0.786. The molecule has 2 aromatic rings. The number of thiophene rings is 1. The van der Waals surface area contributed by atoms with Crippen LogP contribution in [0.25, 0.3) is 0 Å². The summed E-state index contributed by atoms with van der Waals surface area (Å²) in [6, 6.07) is 10.6. The van der Waals surface area contributed by atoms with Gasteiger partial charge in [-0.25, -0.2) is 4.99 Å². The Bertz CT molecular complexity index is 718. The molecule has 0 amide bonds. The van der Waals surface area contributed by atoms with Crippen molar-refractivity contribution in [2.45, 2.75) is 19.3 Å². The molecule has 0 fully saturated rings. The quantitative estimate of drug-likeness (QED) is 0.805. The number of nitrogens with zero attached hydrogens (tertiary/aromatic N) is 3. The minimum absolute atomic E-state index is 0.786. The van der Waals surface area contributed by atoms with Gasteiger partial charge in [0.05, 0.1) is 5.56 Å². The van der Waals surface area contributed by atoms with E-state index in [1.54, 1.807) is 11.3 Å². The summed E-state index contributed by atoms with van der Waals surface area (Å²) in [6.07, 6.45) is 5.15. The van der Waals surface area contributed by atoms with E-state index in [2.05, 4.69) is 28.1 Å². The Morgan fingerprint density at radius 1 is 1.24 bits per heavy atom. The Morgan fingerprint density at radius 3 is 2.67 bits per heavy atom. The number of hydrogen-bond donors (Lipinski definition) is 0. The van der Waals surface area contributed by atoms with Crippen molar-refractivity contribution in [3.8, 4) is 6.07 Å². The monoisotopic (exact) mass is 295 g/mol. The van der Waals surface area contributed by atoms with Crippen LogP contribution >= 0.6 is 11.3 Å². The number of hydrogen-bond acceptors (Lipinski definition) is 4. The van der Waals surface area contributed by atoms with Gasteiger partial charge in [0.2, 0.25) is 0 Å². The third-order valence-corrected chi connectivity index (χ3v) is 4.95. The Kier molecular flexibility index (Phi) is 3.76. The highest BCUT2D eigenvalue weighted by atomic mass is 32.1. The molecule has 0 atom stereocenters. The van der Waals surface area contributed by atoms with E-state index in [1.165, 1.54) is 22.5 Å². The van der Waals surface area contributed by atoms with E-state index in [0.29, 0.717) is 0 Å². The molecule has 1 aromatic carbocycles. The van der Waals surface area contributed by atoms with Gasteiger partial charge in [0, 0.05) is 30.9 Å². The maximum absolute atomic E-state index is 9.34. The lowest BCUT2D eigenvalue weighted by Crippen LogP contribution is -2.08. The van der Waals surface area contributed by atoms with E-state index in [9.17, 15) is 5.26 Å². The Hall–Kier alpha value is -2.12. The van der Waals surface area contributed by atoms with E-state index in [4.69, 9.17) is 0 Å². The van der Waals surface area contributed by atoms with Crippen LogP contribution < -0.4 is 4.90 Å². The highest BCUT2D eigenvalue weighted by molar-refractivity contribution is 7.16.